The highest BCUT2D eigenvalue weighted by Gasteiger charge is 2.40. The number of nitrogens with zero attached hydrogens (tertiary/aromatic N) is 1. The zero-order valence-corrected chi connectivity index (χ0v) is 11.3. The first kappa shape index (κ1) is 14.2. The Morgan fingerprint density at radius 1 is 1.33 bits per heavy atom. The van der Waals surface area contributed by atoms with Crippen molar-refractivity contribution < 1.29 is 18.6 Å². The van der Waals surface area contributed by atoms with Crippen molar-refractivity contribution in [3.8, 4) is 0 Å². The smallest absolute Gasteiger partial charge is 0.154 e. The monoisotopic (exact) mass is 278 g/mol. The molecule has 0 aromatic carbocycles. The van der Waals surface area contributed by atoms with Crippen molar-refractivity contribution >= 4 is 9.84 Å². The summed E-state index contributed by atoms with van der Waals surface area (Å²) in [6.45, 7) is 2.08. The largest absolute Gasteiger partial charge is 0.395 e. The summed E-state index contributed by atoms with van der Waals surface area (Å²) in [5.41, 5.74) is 0. The van der Waals surface area contributed by atoms with E-state index < -0.39 is 15.9 Å². The quantitative estimate of drug-likeness (QED) is 0.549. The minimum atomic E-state index is -3.14. The van der Waals surface area contributed by atoms with Gasteiger partial charge in [-0.15, -0.1) is 0 Å². The van der Waals surface area contributed by atoms with Crippen LogP contribution in [0.25, 0.3) is 0 Å². The summed E-state index contributed by atoms with van der Waals surface area (Å²) in [5.74, 6) is -0.154. The van der Waals surface area contributed by atoms with E-state index in [0.29, 0.717) is 19.1 Å². The molecule has 3 unspecified atom stereocenters. The summed E-state index contributed by atoms with van der Waals surface area (Å²) < 4.78 is 23.1. The summed E-state index contributed by atoms with van der Waals surface area (Å²) >= 11 is 0. The molecule has 2 aliphatic heterocycles. The van der Waals surface area contributed by atoms with Crippen LogP contribution in [0.4, 0.5) is 0 Å². The molecule has 2 saturated heterocycles. The maximum absolute atomic E-state index is 11.5. The van der Waals surface area contributed by atoms with E-state index in [4.69, 9.17) is 5.11 Å². The van der Waals surface area contributed by atoms with Crippen LogP contribution in [0.2, 0.25) is 0 Å². The lowest BCUT2D eigenvalue weighted by molar-refractivity contribution is 0.0652. The molecule has 106 valence electrons. The third-order valence-corrected chi connectivity index (χ3v) is 5.47. The van der Waals surface area contributed by atoms with Gasteiger partial charge in [-0.05, 0) is 19.4 Å². The highest BCUT2D eigenvalue weighted by Crippen LogP contribution is 2.20. The van der Waals surface area contributed by atoms with Gasteiger partial charge >= 0.3 is 0 Å². The van der Waals surface area contributed by atoms with Crippen molar-refractivity contribution in [2.45, 2.75) is 31.0 Å². The maximum atomic E-state index is 11.5. The van der Waals surface area contributed by atoms with E-state index in [9.17, 15) is 13.5 Å². The van der Waals surface area contributed by atoms with Gasteiger partial charge < -0.3 is 15.5 Å². The predicted molar refractivity (Wildman–Crippen MR) is 68.1 cm³/mol. The van der Waals surface area contributed by atoms with E-state index in [1.807, 2.05) is 4.90 Å². The Morgan fingerprint density at radius 2 is 2.11 bits per heavy atom. The summed E-state index contributed by atoms with van der Waals surface area (Å²) in [4.78, 5) is 1.91. The molecule has 7 heteroatoms. The molecular formula is C11H22N2O4S. The molecule has 3 N–H and O–H groups in total. The molecule has 0 aliphatic carbocycles. The van der Waals surface area contributed by atoms with E-state index in [1.165, 1.54) is 0 Å². The standard InChI is InChI=1S/C11H22N2O4S/c14-5-4-13(6-9-2-1-3-12-9)10-7-18(16,17)8-11(10)15/h9-12,14-15H,1-8H2. The van der Waals surface area contributed by atoms with Crippen molar-refractivity contribution in [2.24, 2.45) is 0 Å². The second-order valence-electron chi connectivity index (χ2n) is 5.22. The van der Waals surface area contributed by atoms with Gasteiger partial charge in [-0.3, -0.25) is 4.90 Å². The van der Waals surface area contributed by atoms with Crippen LogP contribution in [0, 0.1) is 0 Å². The lowest BCUT2D eigenvalue weighted by atomic mass is 10.1. The fourth-order valence-corrected chi connectivity index (χ4v) is 4.71. The zero-order chi connectivity index (χ0) is 13.2. The Morgan fingerprint density at radius 3 is 2.61 bits per heavy atom. The van der Waals surface area contributed by atoms with Crippen LogP contribution in [0.15, 0.2) is 0 Å². The number of hydrogen-bond acceptors (Lipinski definition) is 6. The van der Waals surface area contributed by atoms with Crippen LogP contribution in [-0.2, 0) is 9.84 Å². The maximum Gasteiger partial charge on any atom is 0.154 e. The highest BCUT2D eigenvalue weighted by atomic mass is 32.2. The number of aliphatic hydroxyl groups is 2. The topological polar surface area (TPSA) is 89.9 Å². The van der Waals surface area contributed by atoms with E-state index in [1.54, 1.807) is 0 Å². The Labute approximate surface area is 108 Å². The molecule has 2 heterocycles. The molecule has 2 rings (SSSR count). The van der Waals surface area contributed by atoms with Crippen LogP contribution >= 0.6 is 0 Å². The van der Waals surface area contributed by atoms with Crippen molar-refractivity contribution in [1.29, 1.82) is 0 Å². The Hall–Kier alpha value is -0.210. The summed E-state index contributed by atoms with van der Waals surface area (Å²) in [7, 11) is -3.14. The Balaban J connectivity index is 2.00. The fourth-order valence-electron chi connectivity index (χ4n) is 2.88. The molecule has 0 bridgehead atoms. The van der Waals surface area contributed by atoms with Gasteiger partial charge in [-0.1, -0.05) is 0 Å². The van der Waals surface area contributed by atoms with Gasteiger partial charge in [0.1, 0.15) is 0 Å². The summed E-state index contributed by atoms with van der Waals surface area (Å²) in [6, 6.07) is -0.0309. The fraction of sp³-hybridized carbons (Fsp3) is 1.00. The Bertz CT molecular complexity index is 367. The molecule has 2 fully saturated rings. The number of sulfone groups is 1. The second kappa shape index (κ2) is 5.83. The van der Waals surface area contributed by atoms with E-state index in [0.717, 1.165) is 19.4 Å². The van der Waals surface area contributed by atoms with Crippen LogP contribution in [0.1, 0.15) is 12.8 Å². The third kappa shape index (κ3) is 3.42. The number of hydrogen-bond donors (Lipinski definition) is 3. The predicted octanol–water partition coefficient (Wildman–Crippen LogP) is -1.81. The van der Waals surface area contributed by atoms with Crippen LogP contribution in [0.3, 0.4) is 0 Å². The molecule has 6 nitrogen and oxygen atoms in total. The molecule has 0 radical (unpaired) electrons. The SMILES string of the molecule is O=S1(=O)CC(O)C(N(CCO)CC2CCCN2)C1. The molecule has 0 aromatic heterocycles. The normalized spacial score (nSPS) is 35.4. The second-order valence-corrected chi connectivity index (χ2v) is 7.38. The first-order valence-electron chi connectivity index (χ1n) is 6.48. The number of aliphatic hydroxyl groups excluding tert-OH is 2. The van der Waals surface area contributed by atoms with E-state index in [-0.39, 0.29) is 24.2 Å². The van der Waals surface area contributed by atoms with Crippen LogP contribution in [-0.4, -0.2) is 79.5 Å². The first-order valence-corrected chi connectivity index (χ1v) is 8.31. The van der Waals surface area contributed by atoms with Crippen LogP contribution in [0.5, 0.6) is 0 Å². The van der Waals surface area contributed by atoms with Crippen molar-refractivity contribution in [3.63, 3.8) is 0 Å². The van der Waals surface area contributed by atoms with Crippen molar-refractivity contribution in [1.82, 2.24) is 10.2 Å². The zero-order valence-electron chi connectivity index (χ0n) is 10.5. The lowest BCUT2D eigenvalue weighted by Crippen LogP contribution is -2.49. The number of nitrogens with one attached hydrogen (secondary N) is 1. The minimum absolute atomic E-state index is 0.000880. The molecule has 0 spiro atoms. The highest BCUT2D eigenvalue weighted by molar-refractivity contribution is 7.91. The molecule has 3 atom stereocenters. The van der Waals surface area contributed by atoms with E-state index in [2.05, 4.69) is 5.32 Å². The third-order valence-electron chi connectivity index (χ3n) is 3.77. The lowest BCUT2D eigenvalue weighted by Gasteiger charge is -2.31. The minimum Gasteiger partial charge on any atom is -0.395 e. The van der Waals surface area contributed by atoms with Crippen molar-refractivity contribution in [2.75, 3.05) is 37.7 Å². The van der Waals surface area contributed by atoms with Gasteiger partial charge in [-0.25, -0.2) is 8.42 Å². The van der Waals surface area contributed by atoms with Gasteiger partial charge in [0, 0.05) is 19.1 Å². The van der Waals surface area contributed by atoms with E-state index >= 15 is 0 Å². The molecule has 0 amide bonds. The molecule has 18 heavy (non-hydrogen) atoms. The molecule has 0 aromatic rings. The van der Waals surface area contributed by atoms with Gasteiger partial charge in [-0.2, -0.15) is 0 Å². The number of rotatable bonds is 5. The van der Waals surface area contributed by atoms with Gasteiger partial charge in [0.15, 0.2) is 9.84 Å². The molecule has 2 aliphatic rings. The van der Waals surface area contributed by atoms with Crippen molar-refractivity contribution in [3.05, 3.63) is 0 Å². The average molecular weight is 278 g/mol. The molecular weight excluding hydrogens is 256 g/mol. The first-order chi connectivity index (χ1) is 8.52. The Kier molecular flexibility index (Phi) is 4.60. The van der Waals surface area contributed by atoms with Crippen LogP contribution < -0.4 is 5.32 Å². The van der Waals surface area contributed by atoms with Gasteiger partial charge in [0.05, 0.1) is 30.3 Å². The molecule has 0 saturated carbocycles. The summed E-state index contributed by atoms with van der Waals surface area (Å²) in [5, 5.41) is 22.3. The summed E-state index contributed by atoms with van der Waals surface area (Å²) in [6.07, 6.45) is 1.36. The van der Waals surface area contributed by atoms with Gasteiger partial charge in [0.2, 0.25) is 0 Å². The average Bonchev–Trinajstić information content (AvgIpc) is 2.85. The van der Waals surface area contributed by atoms with Gasteiger partial charge in [0.25, 0.3) is 0 Å².